The van der Waals surface area contributed by atoms with Crippen LogP contribution in [0.3, 0.4) is 0 Å². The predicted molar refractivity (Wildman–Crippen MR) is 85.0 cm³/mol. The number of halogens is 1. The van der Waals surface area contributed by atoms with Crippen molar-refractivity contribution in [1.82, 2.24) is 5.32 Å². The van der Waals surface area contributed by atoms with Gasteiger partial charge in [-0.05, 0) is 17.7 Å². The number of rotatable bonds is 6. The number of nitrogens with one attached hydrogen (secondary N) is 2. The van der Waals surface area contributed by atoms with Crippen molar-refractivity contribution in [2.24, 2.45) is 0 Å². The third kappa shape index (κ3) is 5.36. The number of ether oxygens (including phenoxy) is 1. The zero-order valence-corrected chi connectivity index (χ0v) is 12.3. The van der Waals surface area contributed by atoms with E-state index in [9.17, 15) is 4.79 Å². The Morgan fingerprint density at radius 2 is 1.90 bits per heavy atom. The van der Waals surface area contributed by atoms with Crippen molar-refractivity contribution >= 4 is 23.3 Å². The van der Waals surface area contributed by atoms with E-state index in [1.165, 1.54) is 0 Å². The molecule has 5 heteroatoms. The van der Waals surface area contributed by atoms with Gasteiger partial charge in [-0.25, -0.2) is 4.79 Å². The highest BCUT2D eigenvalue weighted by atomic mass is 35.5. The van der Waals surface area contributed by atoms with Crippen LogP contribution in [0.5, 0.6) is 5.75 Å². The molecule has 0 saturated heterocycles. The maximum atomic E-state index is 11.5. The molecule has 0 bridgehead atoms. The second-order valence-electron chi connectivity index (χ2n) is 4.37. The molecule has 0 aliphatic rings. The Morgan fingerprint density at radius 1 is 1.10 bits per heavy atom. The number of anilines is 1. The fraction of sp³-hybridized carbons (Fsp3) is 0.188. The summed E-state index contributed by atoms with van der Waals surface area (Å²) in [6.45, 7) is 0.917. The first-order chi connectivity index (χ1) is 10.3. The summed E-state index contributed by atoms with van der Waals surface area (Å²) in [5, 5.41) is 5.36. The second kappa shape index (κ2) is 8.17. The smallest absolute Gasteiger partial charge is 0.319 e. The van der Waals surface area contributed by atoms with Crippen molar-refractivity contribution in [3.05, 3.63) is 60.2 Å². The summed E-state index contributed by atoms with van der Waals surface area (Å²) in [7, 11) is 0. The van der Waals surface area contributed by atoms with Crippen LogP contribution in [0.25, 0.3) is 0 Å². The van der Waals surface area contributed by atoms with E-state index in [4.69, 9.17) is 16.3 Å². The molecule has 2 aromatic rings. The minimum absolute atomic E-state index is 0.282. The quantitative estimate of drug-likeness (QED) is 0.801. The van der Waals surface area contributed by atoms with Crippen molar-refractivity contribution in [2.45, 2.75) is 6.61 Å². The molecule has 0 radical (unpaired) electrons. The van der Waals surface area contributed by atoms with E-state index >= 15 is 0 Å². The van der Waals surface area contributed by atoms with E-state index in [-0.39, 0.29) is 6.03 Å². The molecule has 0 fully saturated rings. The highest BCUT2D eigenvalue weighted by Gasteiger charge is 2.02. The van der Waals surface area contributed by atoms with Gasteiger partial charge in [0.2, 0.25) is 0 Å². The zero-order valence-electron chi connectivity index (χ0n) is 11.5. The first-order valence-corrected chi connectivity index (χ1v) is 7.19. The fourth-order valence-corrected chi connectivity index (χ4v) is 1.84. The first-order valence-electron chi connectivity index (χ1n) is 6.65. The van der Waals surface area contributed by atoms with Gasteiger partial charge >= 0.3 is 6.03 Å². The lowest BCUT2D eigenvalue weighted by Crippen LogP contribution is -2.30. The molecule has 0 saturated carbocycles. The number of urea groups is 1. The number of carbonyl (C=O) groups is 1. The summed E-state index contributed by atoms with van der Waals surface area (Å²) >= 11 is 5.51. The van der Waals surface area contributed by atoms with Gasteiger partial charge in [0, 0.05) is 24.2 Å². The Kier molecular flexibility index (Phi) is 5.91. The van der Waals surface area contributed by atoms with Gasteiger partial charge in [0.15, 0.2) is 0 Å². The molecule has 110 valence electrons. The van der Waals surface area contributed by atoms with Crippen LogP contribution in [-0.2, 0) is 6.61 Å². The summed E-state index contributed by atoms with van der Waals surface area (Å²) in [4.78, 5) is 11.5. The summed E-state index contributed by atoms with van der Waals surface area (Å²) in [5.74, 6) is 1.09. The van der Waals surface area contributed by atoms with Crippen LogP contribution in [0, 0.1) is 0 Å². The minimum Gasteiger partial charge on any atom is -0.489 e. The fourth-order valence-electron chi connectivity index (χ4n) is 1.74. The van der Waals surface area contributed by atoms with E-state index in [1.54, 1.807) is 12.1 Å². The van der Waals surface area contributed by atoms with Gasteiger partial charge in [-0.15, -0.1) is 11.6 Å². The molecule has 4 nitrogen and oxygen atoms in total. The Balaban J connectivity index is 1.90. The highest BCUT2D eigenvalue weighted by molar-refractivity contribution is 6.18. The van der Waals surface area contributed by atoms with Crippen LogP contribution in [0.1, 0.15) is 5.56 Å². The molecule has 0 heterocycles. The Labute approximate surface area is 129 Å². The summed E-state index contributed by atoms with van der Waals surface area (Å²) < 4.78 is 5.70. The Hall–Kier alpha value is -2.20. The third-order valence-corrected chi connectivity index (χ3v) is 2.91. The summed E-state index contributed by atoms with van der Waals surface area (Å²) in [6, 6.07) is 16.9. The lowest BCUT2D eigenvalue weighted by Gasteiger charge is -2.09. The molecule has 21 heavy (non-hydrogen) atoms. The molecular weight excluding hydrogens is 288 g/mol. The SMILES string of the molecule is O=C(NCCCl)Nc1cccc(OCc2ccccc2)c1. The monoisotopic (exact) mass is 304 g/mol. The van der Waals surface area contributed by atoms with Crippen molar-refractivity contribution in [3.8, 4) is 5.75 Å². The zero-order chi connectivity index (χ0) is 14.9. The van der Waals surface area contributed by atoms with Crippen LogP contribution < -0.4 is 15.4 Å². The molecule has 2 rings (SSSR count). The van der Waals surface area contributed by atoms with E-state index in [1.807, 2.05) is 42.5 Å². The maximum absolute atomic E-state index is 11.5. The molecule has 0 aromatic heterocycles. The lowest BCUT2D eigenvalue weighted by atomic mass is 10.2. The van der Waals surface area contributed by atoms with Gasteiger partial charge < -0.3 is 15.4 Å². The minimum atomic E-state index is -0.282. The standard InChI is InChI=1S/C16H17ClN2O2/c17-9-10-18-16(20)19-14-7-4-8-15(11-14)21-12-13-5-2-1-3-6-13/h1-8,11H,9-10,12H2,(H2,18,19,20). The molecular formula is C16H17ClN2O2. The number of hydrogen-bond donors (Lipinski definition) is 2. The van der Waals surface area contributed by atoms with E-state index < -0.39 is 0 Å². The molecule has 0 unspecified atom stereocenters. The first kappa shape index (κ1) is 15.2. The van der Waals surface area contributed by atoms with Gasteiger partial charge in [-0.2, -0.15) is 0 Å². The molecule has 2 N–H and O–H groups in total. The molecule has 0 aliphatic carbocycles. The van der Waals surface area contributed by atoms with Crippen molar-refractivity contribution in [2.75, 3.05) is 17.7 Å². The topological polar surface area (TPSA) is 50.4 Å². The van der Waals surface area contributed by atoms with Crippen LogP contribution in [0.4, 0.5) is 10.5 Å². The number of alkyl halides is 1. The average Bonchev–Trinajstić information content (AvgIpc) is 2.52. The number of carbonyl (C=O) groups excluding carboxylic acids is 1. The van der Waals surface area contributed by atoms with E-state index in [0.29, 0.717) is 30.5 Å². The third-order valence-electron chi connectivity index (χ3n) is 2.72. The number of benzene rings is 2. The molecule has 2 aromatic carbocycles. The van der Waals surface area contributed by atoms with Crippen molar-refractivity contribution in [3.63, 3.8) is 0 Å². The Morgan fingerprint density at radius 3 is 2.67 bits per heavy atom. The average molecular weight is 305 g/mol. The lowest BCUT2D eigenvalue weighted by molar-refractivity contribution is 0.252. The van der Waals surface area contributed by atoms with Crippen molar-refractivity contribution < 1.29 is 9.53 Å². The number of amides is 2. The van der Waals surface area contributed by atoms with Crippen LogP contribution in [0.2, 0.25) is 0 Å². The number of hydrogen-bond acceptors (Lipinski definition) is 2. The van der Waals surface area contributed by atoms with E-state index in [0.717, 1.165) is 5.56 Å². The van der Waals surface area contributed by atoms with E-state index in [2.05, 4.69) is 10.6 Å². The highest BCUT2D eigenvalue weighted by Crippen LogP contribution is 2.18. The maximum Gasteiger partial charge on any atom is 0.319 e. The molecule has 0 atom stereocenters. The van der Waals surface area contributed by atoms with Gasteiger partial charge in [-0.3, -0.25) is 0 Å². The summed E-state index contributed by atoms with van der Waals surface area (Å²) in [5.41, 5.74) is 1.77. The summed E-state index contributed by atoms with van der Waals surface area (Å²) in [6.07, 6.45) is 0. The van der Waals surface area contributed by atoms with Crippen molar-refractivity contribution in [1.29, 1.82) is 0 Å². The van der Waals surface area contributed by atoms with Gasteiger partial charge in [0.25, 0.3) is 0 Å². The molecule has 0 aliphatic heterocycles. The van der Waals surface area contributed by atoms with Gasteiger partial charge in [-0.1, -0.05) is 36.4 Å². The van der Waals surface area contributed by atoms with Crippen LogP contribution >= 0.6 is 11.6 Å². The largest absolute Gasteiger partial charge is 0.489 e. The Bertz CT molecular complexity index is 575. The molecule has 0 spiro atoms. The van der Waals surface area contributed by atoms with Crippen LogP contribution in [0.15, 0.2) is 54.6 Å². The second-order valence-corrected chi connectivity index (χ2v) is 4.75. The predicted octanol–water partition coefficient (Wildman–Crippen LogP) is 3.63. The normalized spacial score (nSPS) is 9.95. The van der Waals surface area contributed by atoms with Gasteiger partial charge in [0.05, 0.1) is 0 Å². The molecule has 2 amide bonds. The van der Waals surface area contributed by atoms with Crippen LogP contribution in [-0.4, -0.2) is 18.5 Å². The van der Waals surface area contributed by atoms with Gasteiger partial charge in [0.1, 0.15) is 12.4 Å².